The highest BCUT2D eigenvalue weighted by atomic mass is 32.2. The van der Waals surface area contributed by atoms with E-state index in [1.54, 1.807) is 16.4 Å². The minimum Gasteiger partial charge on any atom is -0.338 e. The molecule has 1 aromatic heterocycles. The molecule has 2 aromatic rings. The zero-order valence-corrected chi connectivity index (χ0v) is 17.9. The van der Waals surface area contributed by atoms with Crippen LogP contribution in [0.25, 0.3) is 0 Å². The van der Waals surface area contributed by atoms with E-state index in [-0.39, 0.29) is 6.04 Å². The molecule has 0 amide bonds. The average Bonchev–Trinajstić information content (AvgIpc) is 3.22. The van der Waals surface area contributed by atoms with E-state index in [0.717, 1.165) is 12.8 Å². The summed E-state index contributed by atoms with van der Waals surface area (Å²) in [6, 6.07) is 7.31. The number of aryl methyl sites for hydroxylation is 1. The van der Waals surface area contributed by atoms with Crippen molar-refractivity contribution in [1.82, 2.24) is 19.3 Å². The van der Waals surface area contributed by atoms with Crippen LogP contribution in [0.15, 0.2) is 33.7 Å². The van der Waals surface area contributed by atoms with Crippen LogP contribution in [0.5, 0.6) is 0 Å². The van der Waals surface area contributed by atoms with Gasteiger partial charge in [0.05, 0.1) is 10.9 Å². The Labute approximate surface area is 167 Å². The molecule has 3 rings (SSSR count). The van der Waals surface area contributed by atoms with E-state index in [1.165, 1.54) is 5.56 Å². The van der Waals surface area contributed by atoms with Gasteiger partial charge in [-0.05, 0) is 37.0 Å². The molecular formula is C20H30N4O3S. The summed E-state index contributed by atoms with van der Waals surface area (Å²) in [6.07, 6.45) is 1.77. The van der Waals surface area contributed by atoms with Gasteiger partial charge in [-0.15, -0.1) is 0 Å². The van der Waals surface area contributed by atoms with E-state index >= 15 is 0 Å². The van der Waals surface area contributed by atoms with Crippen LogP contribution in [0.1, 0.15) is 63.4 Å². The van der Waals surface area contributed by atoms with E-state index in [1.807, 2.05) is 26.0 Å². The van der Waals surface area contributed by atoms with Crippen molar-refractivity contribution in [2.45, 2.75) is 57.4 Å². The summed E-state index contributed by atoms with van der Waals surface area (Å²) in [5, 5.41) is 3.95. The van der Waals surface area contributed by atoms with Gasteiger partial charge >= 0.3 is 0 Å². The number of nitrogens with zero attached hydrogens (tertiary/aromatic N) is 4. The lowest BCUT2D eigenvalue weighted by atomic mass is 9.99. The Bertz CT molecular complexity index is 871. The predicted octanol–water partition coefficient (Wildman–Crippen LogP) is 3.21. The Balaban J connectivity index is 1.64. The van der Waals surface area contributed by atoms with Crippen LogP contribution in [0.3, 0.4) is 0 Å². The third-order valence-electron chi connectivity index (χ3n) is 5.68. The molecule has 28 heavy (non-hydrogen) atoms. The molecule has 0 N–H and O–H groups in total. The molecule has 1 aliphatic heterocycles. The van der Waals surface area contributed by atoms with Crippen molar-refractivity contribution in [1.29, 1.82) is 0 Å². The van der Waals surface area contributed by atoms with Gasteiger partial charge in [0.25, 0.3) is 0 Å². The van der Waals surface area contributed by atoms with Crippen LogP contribution < -0.4 is 0 Å². The van der Waals surface area contributed by atoms with E-state index in [4.69, 9.17) is 4.52 Å². The summed E-state index contributed by atoms with van der Waals surface area (Å²) in [5.41, 5.74) is 1.17. The fraction of sp³-hybridized carbons (Fsp3) is 0.600. The maximum atomic E-state index is 13.0. The summed E-state index contributed by atoms with van der Waals surface area (Å²) >= 11 is 0. The monoisotopic (exact) mass is 406 g/mol. The van der Waals surface area contributed by atoms with Crippen molar-refractivity contribution in [3.8, 4) is 0 Å². The Morgan fingerprint density at radius 2 is 1.71 bits per heavy atom. The number of rotatable bonds is 7. The van der Waals surface area contributed by atoms with Crippen LogP contribution in [-0.4, -0.2) is 53.9 Å². The SMILES string of the molecule is CCc1noc(C(C)N2CCN(S(=O)(=O)c3ccc(C(C)CC)cc3)CC2)n1. The Morgan fingerprint density at radius 3 is 2.25 bits per heavy atom. The van der Waals surface area contributed by atoms with Crippen molar-refractivity contribution in [2.24, 2.45) is 0 Å². The first-order valence-corrected chi connectivity index (χ1v) is 11.5. The summed E-state index contributed by atoms with van der Waals surface area (Å²) in [6.45, 7) is 10.5. The number of hydrogen-bond donors (Lipinski definition) is 0. The smallest absolute Gasteiger partial charge is 0.243 e. The van der Waals surface area contributed by atoms with Gasteiger partial charge in [0.15, 0.2) is 5.82 Å². The van der Waals surface area contributed by atoms with Crippen LogP contribution in [0.4, 0.5) is 0 Å². The second-order valence-electron chi connectivity index (χ2n) is 7.40. The molecule has 154 valence electrons. The molecule has 0 radical (unpaired) electrons. The van der Waals surface area contributed by atoms with Gasteiger partial charge in [0, 0.05) is 32.6 Å². The second kappa shape index (κ2) is 8.71. The van der Waals surface area contributed by atoms with Gasteiger partial charge in [-0.3, -0.25) is 4.90 Å². The van der Waals surface area contributed by atoms with Gasteiger partial charge in [0.1, 0.15) is 0 Å². The lowest BCUT2D eigenvalue weighted by Gasteiger charge is -2.36. The minimum absolute atomic E-state index is 0.0209. The first-order chi connectivity index (χ1) is 13.4. The molecule has 1 fully saturated rings. The zero-order valence-electron chi connectivity index (χ0n) is 17.1. The predicted molar refractivity (Wildman–Crippen MR) is 108 cm³/mol. The fourth-order valence-electron chi connectivity index (χ4n) is 3.42. The Hall–Kier alpha value is -1.77. The highest BCUT2D eigenvalue weighted by Gasteiger charge is 2.31. The first kappa shape index (κ1) is 21.0. The number of sulfonamides is 1. The standard InChI is InChI=1S/C20H30N4O3S/c1-5-15(3)17-7-9-18(10-8-17)28(25,26)24-13-11-23(12-14-24)16(4)20-21-19(6-2)22-27-20/h7-10,15-16H,5-6,11-14H2,1-4H3. The van der Waals surface area contributed by atoms with Crippen molar-refractivity contribution in [3.05, 3.63) is 41.5 Å². The number of piperazine rings is 1. The lowest BCUT2D eigenvalue weighted by Crippen LogP contribution is -2.49. The Kier molecular flexibility index (Phi) is 6.52. The molecule has 0 aliphatic carbocycles. The molecule has 7 nitrogen and oxygen atoms in total. The van der Waals surface area contributed by atoms with Crippen molar-refractivity contribution >= 4 is 10.0 Å². The summed E-state index contributed by atoms with van der Waals surface area (Å²) in [5.74, 6) is 1.72. The van der Waals surface area contributed by atoms with Crippen LogP contribution in [0.2, 0.25) is 0 Å². The largest absolute Gasteiger partial charge is 0.338 e. The van der Waals surface area contributed by atoms with Gasteiger partial charge < -0.3 is 4.52 Å². The van der Waals surface area contributed by atoms with Gasteiger partial charge in [-0.2, -0.15) is 9.29 Å². The zero-order chi connectivity index (χ0) is 20.3. The van der Waals surface area contributed by atoms with Crippen LogP contribution in [0, 0.1) is 0 Å². The summed E-state index contributed by atoms with van der Waals surface area (Å²) in [7, 11) is -3.47. The van der Waals surface area contributed by atoms with Crippen molar-refractivity contribution in [2.75, 3.05) is 26.2 Å². The third-order valence-corrected chi connectivity index (χ3v) is 7.59. The molecule has 0 bridgehead atoms. The molecule has 0 spiro atoms. The molecule has 0 saturated carbocycles. The van der Waals surface area contributed by atoms with Crippen LogP contribution in [-0.2, 0) is 16.4 Å². The van der Waals surface area contributed by atoms with E-state index < -0.39 is 10.0 Å². The fourth-order valence-corrected chi connectivity index (χ4v) is 4.84. The van der Waals surface area contributed by atoms with Gasteiger partial charge in [-0.25, -0.2) is 8.42 Å². The average molecular weight is 407 g/mol. The Morgan fingerprint density at radius 1 is 1.07 bits per heavy atom. The van der Waals surface area contributed by atoms with Crippen molar-refractivity contribution < 1.29 is 12.9 Å². The van der Waals surface area contributed by atoms with Crippen LogP contribution >= 0.6 is 0 Å². The molecule has 2 heterocycles. The molecular weight excluding hydrogens is 376 g/mol. The molecule has 2 atom stereocenters. The molecule has 1 aromatic carbocycles. The van der Waals surface area contributed by atoms with E-state index in [0.29, 0.717) is 48.7 Å². The second-order valence-corrected chi connectivity index (χ2v) is 9.33. The summed E-state index contributed by atoms with van der Waals surface area (Å²) in [4.78, 5) is 6.95. The number of benzene rings is 1. The molecule has 1 aliphatic rings. The molecule has 1 saturated heterocycles. The number of aromatic nitrogens is 2. The highest BCUT2D eigenvalue weighted by molar-refractivity contribution is 7.89. The molecule has 2 unspecified atom stereocenters. The number of hydrogen-bond acceptors (Lipinski definition) is 6. The maximum Gasteiger partial charge on any atom is 0.243 e. The normalized spacial score (nSPS) is 18.9. The molecule has 8 heteroatoms. The maximum absolute atomic E-state index is 13.0. The van der Waals surface area contributed by atoms with Gasteiger partial charge in [-0.1, -0.05) is 38.1 Å². The topological polar surface area (TPSA) is 79.5 Å². The van der Waals surface area contributed by atoms with E-state index in [2.05, 4.69) is 28.9 Å². The van der Waals surface area contributed by atoms with Gasteiger partial charge in [0.2, 0.25) is 15.9 Å². The lowest BCUT2D eigenvalue weighted by molar-refractivity contribution is 0.124. The third kappa shape index (κ3) is 4.29. The first-order valence-electron chi connectivity index (χ1n) is 10.0. The quantitative estimate of drug-likeness (QED) is 0.702. The summed E-state index contributed by atoms with van der Waals surface area (Å²) < 4.78 is 32.9. The minimum atomic E-state index is -3.47. The van der Waals surface area contributed by atoms with Crippen molar-refractivity contribution in [3.63, 3.8) is 0 Å². The highest BCUT2D eigenvalue weighted by Crippen LogP contribution is 2.25. The van der Waals surface area contributed by atoms with E-state index in [9.17, 15) is 8.42 Å².